The summed E-state index contributed by atoms with van der Waals surface area (Å²) < 4.78 is 1.18. The number of carboxylic acids is 1. The Kier molecular flexibility index (Phi) is 2.97. The standard InChI is InChI=1S/C7H11N3O3/c1-2-6(11)5-3-10(9-8-5)4-7(12)13/h3,6,11H,2,4H2,1H3,(H,12,13). The second-order valence-electron chi connectivity index (χ2n) is 2.66. The molecular weight excluding hydrogens is 174 g/mol. The van der Waals surface area contributed by atoms with Gasteiger partial charge in [-0.2, -0.15) is 0 Å². The summed E-state index contributed by atoms with van der Waals surface area (Å²) in [5.74, 6) is -0.984. The molecule has 2 N–H and O–H groups in total. The Bertz CT molecular complexity index is 297. The fraction of sp³-hybridized carbons (Fsp3) is 0.571. The second kappa shape index (κ2) is 3.99. The first-order valence-corrected chi connectivity index (χ1v) is 3.93. The lowest BCUT2D eigenvalue weighted by Gasteiger charge is -1.99. The number of aromatic nitrogens is 3. The Morgan fingerprint density at radius 2 is 2.46 bits per heavy atom. The Hall–Kier alpha value is -1.43. The zero-order chi connectivity index (χ0) is 9.84. The molecular formula is C7H11N3O3. The molecule has 0 fully saturated rings. The molecule has 1 aromatic rings. The van der Waals surface area contributed by atoms with Crippen molar-refractivity contribution in [1.82, 2.24) is 15.0 Å². The number of aliphatic hydroxyl groups excluding tert-OH is 1. The van der Waals surface area contributed by atoms with E-state index in [2.05, 4.69) is 10.3 Å². The van der Waals surface area contributed by atoms with E-state index in [1.165, 1.54) is 10.9 Å². The number of aliphatic hydroxyl groups is 1. The summed E-state index contributed by atoms with van der Waals surface area (Å²) >= 11 is 0. The van der Waals surface area contributed by atoms with E-state index < -0.39 is 12.1 Å². The highest BCUT2D eigenvalue weighted by atomic mass is 16.4. The van der Waals surface area contributed by atoms with Gasteiger partial charge in [-0.25, -0.2) is 4.68 Å². The van der Waals surface area contributed by atoms with Gasteiger partial charge in [-0.15, -0.1) is 5.10 Å². The second-order valence-corrected chi connectivity index (χ2v) is 2.66. The summed E-state index contributed by atoms with van der Waals surface area (Å²) in [6.45, 7) is 1.57. The lowest BCUT2D eigenvalue weighted by molar-refractivity contribution is -0.137. The van der Waals surface area contributed by atoms with Crippen LogP contribution >= 0.6 is 0 Å². The van der Waals surface area contributed by atoms with Crippen LogP contribution < -0.4 is 0 Å². The van der Waals surface area contributed by atoms with Crippen LogP contribution in [0.4, 0.5) is 0 Å². The van der Waals surface area contributed by atoms with Gasteiger partial charge >= 0.3 is 5.97 Å². The number of hydrogen-bond donors (Lipinski definition) is 2. The van der Waals surface area contributed by atoms with Crippen LogP contribution in [-0.4, -0.2) is 31.2 Å². The molecule has 1 rings (SSSR count). The van der Waals surface area contributed by atoms with Crippen molar-refractivity contribution >= 4 is 5.97 Å². The van der Waals surface area contributed by atoms with Crippen molar-refractivity contribution < 1.29 is 15.0 Å². The number of carbonyl (C=O) groups is 1. The Labute approximate surface area is 74.8 Å². The van der Waals surface area contributed by atoms with Crippen molar-refractivity contribution in [3.63, 3.8) is 0 Å². The van der Waals surface area contributed by atoms with Crippen molar-refractivity contribution in [3.05, 3.63) is 11.9 Å². The first kappa shape index (κ1) is 9.66. The summed E-state index contributed by atoms with van der Waals surface area (Å²) in [7, 11) is 0. The molecule has 6 nitrogen and oxygen atoms in total. The third kappa shape index (κ3) is 2.51. The van der Waals surface area contributed by atoms with E-state index in [-0.39, 0.29) is 6.54 Å². The third-order valence-electron chi connectivity index (χ3n) is 1.58. The van der Waals surface area contributed by atoms with Crippen LogP contribution in [0.1, 0.15) is 25.1 Å². The molecule has 0 amide bonds. The molecule has 13 heavy (non-hydrogen) atoms. The fourth-order valence-electron chi connectivity index (χ4n) is 0.891. The van der Waals surface area contributed by atoms with E-state index in [1.807, 2.05) is 0 Å². The number of hydrogen-bond acceptors (Lipinski definition) is 4. The Morgan fingerprint density at radius 1 is 1.77 bits per heavy atom. The number of rotatable bonds is 4. The monoisotopic (exact) mass is 185 g/mol. The molecule has 1 unspecified atom stereocenters. The molecule has 0 saturated carbocycles. The van der Waals surface area contributed by atoms with Gasteiger partial charge in [-0.3, -0.25) is 4.79 Å². The first-order chi connectivity index (χ1) is 6.13. The van der Waals surface area contributed by atoms with Crippen molar-refractivity contribution in [3.8, 4) is 0 Å². The largest absolute Gasteiger partial charge is 0.480 e. The Morgan fingerprint density at radius 3 is 3.00 bits per heavy atom. The molecule has 1 atom stereocenters. The quantitative estimate of drug-likeness (QED) is 0.678. The molecule has 0 bridgehead atoms. The third-order valence-corrected chi connectivity index (χ3v) is 1.58. The molecule has 0 radical (unpaired) electrons. The van der Waals surface area contributed by atoms with Crippen LogP contribution in [-0.2, 0) is 11.3 Å². The van der Waals surface area contributed by atoms with Gasteiger partial charge in [-0.05, 0) is 6.42 Å². The van der Waals surface area contributed by atoms with Crippen molar-refractivity contribution in [2.45, 2.75) is 26.0 Å². The van der Waals surface area contributed by atoms with Crippen LogP contribution in [0, 0.1) is 0 Å². The fourth-order valence-corrected chi connectivity index (χ4v) is 0.891. The summed E-state index contributed by atoms with van der Waals surface area (Å²) in [6, 6.07) is 0. The van der Waals surface area contributed by atoms with Gasteiger partial charge in [0.25, 0.3) is 0 Å². The first-order valence-electron chi connectivity index (χ1n) is 3.93. The van der Waals surface area contributed by atoms with E-state index >= 15 is 0 Å². The predicted octanol–water partition coefficient (Wildman–Crippen LogP) is -0.194. The zero-order valence-electron chi connectivity index (χ0n) is 7.21. The SMILES string of the molecule is CCC(O)c1cn(CC(=O)O)nn1. The highest BCUT2D eigenvalue weighted by Crippen LogP contribution is 2.11. The van der Waals surface area contributed by atoms with Gasteiger partial charge in [0.15, 0.2) is 0 Å². The maximum atomic E-state index is 10.3. The molecule has 0 aromatic carbocycles. The minimum Gasteiger partial charge on any atom is -0.480 e. The zero-order valence-corrected chi connectivity index (χ0v) is 7.21. The lowest BCUT2D eigenvalue weighted by atomic mass is 10.2. The van der Waals surface area contributed by atoms with E-state index in [0.717, 1.165) is 0 Å². The highest BCUT2D eigenvalue weighted by molar-refractivity contribution is 5.66. The minimum atomic E-state index is -0.984. The number of carboxylic acid groups (broad SMARTS) is 1. The van der Waals surface area contributed by atoms with Crippen LogP contribution in [0.3, 0.4) is 0 Å². The molecule has 0 aliphatic heterocycles. The molecule has 1 aromatic heterocycles. The average molecular weight is 185 g/mol. The Balaban J connectivity index is 2.68. The summed E-state index contributed by atoms with van der Waals surface area (Å²) in [5, 5.41) is 24.9. The molecule has 0 spiro atoms. The van der Waals surface area contributed by atoms with Crippen LogP contribution in [0.5, 0.6) is 0 Å². The molecule has 72 valence electrons. The number of aliphatic carboxylic acids is 1. The number of nitrogens with zero attached hydrogens (tertiary/aromatic N) is 3. The highest BCUT2D eigenvalue weighted by Gasteiger charge is 2.10. The lowest BCUT2D eigenvalue weighted by Crippen LogP contribution is -2.09. The van der Waals surface area contributed by atoms with Gasteiger partial charge in [0.2, 0.25) is 0 Å². The van der Waals surface area contributed by atoms with Crippen molar-refractivity contribution in [2.75, 3.05) is 0 Å². The topological polar surface area (TPSA) is 88.2 Å². The van der Waals surface area contributed by atoms with E-state index in [1.54, 1.807) is 6.92 Å². The predicted molar refractivity (Wildman–Crippen MR) is 42.9 cm³/mol. The van der Waals surface area contributed by atoms with Gasteiger partial charge in [0.1, 0.15) is 12.2 Å². The maximum absolute atomic E-state index is 10.3. The van der Waals surface area contributed by atoms with Gasteiger partial charge in [0, 0.05) is 0 Å². The smallest absolute Gasteiger partial charge is 0.325 e. The molecule has 6 heteroatoms. The molecule has 1 heterocycles. The average Bonchev–Trinajstić information content (AvgIpc) is 2.50. The normalized spacial score (nSPS) is 12.8. The summed E-state index contributed by atoms with van der Waals surface area (Å²) in [6.07, 6.45) is 1.30. The van der Waals surface area contributed by atoms with Crippen LogP contribution in [0.25, 0.3) is 0 Å². The summed E-state index contributed by atoms with van der Waals surface area (Å²) in [4.78, 5) is 10.3. The minimum absolute atomic E-state index is 0.233. The van der Waals surface area contributed by atoms with Crippen LogP contribution in [0.15, 0.2) is 6.20 Å². The maximum Gasteiger partial charge on any atom is 0.325 e. The van der Waals surface area contributed by atoms with Crippen LogP contribution in [0.2, 0.25) is 0 Å². The summed E-state index contributed by atoms with van der Waals surface area (Å²) in [5.41, 5.74) is 0.406. The van der Waals surface area contributed by atoms with Gasteiger partial charge in [-0.1, -0.05) is 12.1 Å². The molecule has 0 saturated heterocycles. The van der Waals surface area contributed by atoms with E-state index in [0.29, 0.717) is 12.1 Å². The van der Waals surface area contributed by atoms with Gasteiger partial charge < -0.3 is 10.2 Å². The van der Waals surface area contributed by atoms with Gasteiger partial charge in [0.05, 0.1) is 12.3 Å². The molecule has 0 aliphatic carbocycles. The van der Waals surface area contributed by atoms with E-state index in [4.69, 9.17) is 5.11 Å². The van der Waals surface area contributed by atoms with Crippen molar-refractivity contribution in [1.29, 1.82) is 0 Å². The molecule has 0 aliphatic rings. The van der Waals surface area contributed by atoms with Crippen molar-refractivity contribution in [2.24, 2.45) is 0 Å². The van der Waals surface area contributed by atoms with E-state index in [9.17, 15) is 9.90 Å².